The molecule has 0 bridgehead atoms. The van der Waals surface area contributed by atoms with Crippen LogP contribution in [0.2, 0.25) is 0 Å². The van der Waals surface area contributed by atoms with Crippen molar-refractivity contribution in [1.29, 1.82) is 0 Å². The summed E-state index contributed by atoms with van der Waals surface area (Å²) in [4.78, 5) is 5.17. The average molecular weight is 255 g/mol. The molecular weight excluding hydrogens is 226 g/mol. The van der Waals surface area contributed by atoms with Gasteiger partial charge in [0.2, 0.25) is 0 Å². The number of ether oxygens (including phenoxy) is 1. The highest BCUT2D eigenvalue weighted by Crippen LogP contribution is 2.32. The molecule has 106 valence electrons. The van der Waals surface area contributed by atoms with Gasteiger partial charge in [-0.3, -0.25) is 9.80 Å². The highest BCUT2D eigenvalue weighted by molar-refractivity contribution is 4.98. The number of hydrogen-bond donors (Lipinski definition) is 1. The van der Waals surface area contributed by atoms with Crippen LogP contribution in [-0.2, 0) is 4.74 Å². The van der Waals surface area contributed by atoms with E-state index in [0.717, 1.165) is 45.8 Å². The fraction of sp³-hybridized carbons (Fsp3) is 1.00. The summed E-state index contributed by atoms with van der Waals surface area (Å²) in [6, 6.07) is 0.636. The molecule has 4 nitrogen and oxygen atoms in total. The number of nitrogens with two attached hydrogens (primary N) is 1. The van der Waals surface area contributed by atoms with E-state index in [4.69, 9.17) is 10.5 Å². The zero-order valence-electron chi connectivity index (χ0n) is 12.2. The molecule has 0 aromatic carbocycles. The van der Waals surface area contributed by atoms with Gasteiger partial charge < -0.3 is 10.5 Å². The van der Waals surface area contributed by atoms with E-state index >= 15 is 0 Å². The summed E-state index contributed by atoms with van der Waals surface area (Å²) < 4.78 is 5.57. The van der Waals surface area contributed by atoms with Crippen molar-refractivity contribution in [3.63, 3.8) is 0 Å². The molecule has 2 aliphatic rings. The highest BCUT2D eigenvalue weighted by Gasteiger charge is 2.42. The SMILES string of the molecule is CCN1CCN(C(C)(CN)C2CCOC2)CC1C. The monoisotopic (exact) mass is 255 g/mol. The second-order valence-electron chi connectivity index (χ2n) is 6.05. The van der Waals surface area contributed by atoms with Gasteiger partial charge in [0.25, 0.3) is 0 Å². The average Bonchev–Trinajstić information content (AvgIpc) is 2.92. The molecule has 0 saturated carbocycles. The molecule has 2 fully saturated rings. The lowest BCUT2D eigenvalue weighted by molar-refractivity contribution is -0.0136. The number of rotatable bonds is 4. The molecule has 2 aliphatic heterocycles. The van der Waals surface area contributed by atoms with Crippen LogP contribution in [0, 0.1) is 5.92 Å². The second kappa shape index (κ2) is 5.87. The van der Waals surface area contributed by atoms with Crippen LogP contribution in [0.5, 0.6) is 0 Å². The van der Waals surface area contributed by atoms with Gasteiger partial charge in [-0.1, -0.05) is 6.92 Å². The molecule has 4 heteroatoms. The normalized spacial score (nSPS) is 34.7. The van der Waals surface area contributed by atoms with Crippen molar-refractivity contribution in [2.24, 2.45) is 11.7 Å². The fourth-order valence-electron chi connectivity index (χ4n) is 3.51. The molecule has 0 aliphatic carbocycles. The van der Waals surface area contributed by atoms with Crippen LogP contribution in [0.4, 0.5) is 0 Å². The Hall–Kier alpha value is -0.160. The van der Waals surface area contributed by atoms with E-state index < -0.39 is 0 Å². The summed E-state index contributed by atoms with van der Waals surface area (Å²) in [7, 11) is 0. The molecule has 0 radical (unpaired) electrons. The minimum atomic E-state index is 0.116. The van der Waals surface area contributed by atoms with E-state index in [1.165, 1.54) is 6.54 Å². The summed E-state index contributed by atoms with van der Waals surface area (Å²) in [5, 5.41) is 0. The van der Waals surface area contributed by atoms with Gasteiger partial charge in [0, 0.05) is 50.3 Å². The van der Waals surface area contributed by atoms with E-state index in [2.05, 4.69) is 30.6 Å². The largest absolute Gasteiger partial charge is 0.381 e. The Morgan fingerprint density at radius 3 is 2.67 bits per heavy atom. The lowest BCUT2D eigenvalue weighted by atomic mass is 9.82. The van der Waals surface area contributed by atoms with Crippen molar-refractivity contribution in [3.05, 3.63) is 0 Å². The van der Waals surface area contributed by atoms with Gasteiger partial charge in [0.15, 0.2) is 0 Å². The molecule has 0 spiro atoms. The predicted molar refractivity (Wildman–Crippen MR) is 74.7 cm³/mol. The highest BCUT2D eigenvalue weighted by atomic mass is 16.5. The van der Waals surface area contributed by atoms with Crippen molar-refractivity contribution < 1.29 is 4.74 Å². The van der Waals surface area contributed by atoms with Gasteiger partial charge in [-0.2, -0.15) is 0 Å². The van der Waals surface area contributed by atoms with E-state index in [9.17, 15) is 0 Å². The molecule has 2 heterocycles. The molecule has 2 saturated heterocycles. The van der Waals surface area contributed by atoms with Crippen LogP contribution in [0.3, 0.4) is 0 Å². The zero-order chi connectivity index (χ0) is 13.2. The maximum absolute atomic E-state index is 6.12. The first-order valence-electron chi connectivity index (χ1n) is 7.38. The molecule has 0 aromatic rings. The molecule has 0 aromatic heterocycles. The van der Waals surface area contributed by atoms with E-state index in [1.54, 1.807) is 0 Å². The summed E-state index contributed by atoms with van der Waals surface area (Å²) in [5.74, 6) is 0.600. The third-order valence-electron chi connectivity index (χ3n) is 5.12. The molecule has 3 unspecified atom stereocenters. The summed E-state index contributed by atoms with van der Waals surface area (Å²) in [6.45, 7) is 14.0. The van der Waals surface area contributed by atoms with Gasteiger partial charge in [-0.25, -0.2) is 0 Å². The van der Waals surface area contributed by atoms with E-state index in [-0.39, 0.29) is 5.54 Å². The standard InChI is InChI=1S/C14H29N3O/c1-4-16-6-7-17(9-12(16)2)14(3,11-15)13-5-8-18-10-13/h12-13H,4-11,15H2,1-3H3. The molecule has 3 atom stereocenters. The first-order valence-corrected chi connectivity index (χ1v) is 7.38. The Kier molecular flexibility index (Phi) is 4.64. The Bertz CT molecular complexity index is 268. The van der Waals surface area contributed by atoms with E-state index in [1.807, 2.05) is 0 Å². The van der Waals surface area contributed by atoms with Crippen molar-refractivity contribution in [2.75, 3.05) is 45.9 Å². The first kappa shape index (κ1) is 14.3. The maximum atomic E-state index is 6.12. The summed E-state index contributed by atoms with van der Waals surface area (Å²) >= 11 is 0. The van der Waals surface area contributed by atoms with Gasteiger partial charge in [0.05, 0.1) is 6.61 Å². The number of piperazine rings is 1. The number of hydrogen-bond acceptors (Lipinski definition) is 4. The fourth-order valence-corrected chi connectivity index (χ4v) is 3.51. The first-order chi connectivity index (χ1) is 8.61. The quantitative estimate of drug-likeness (QED) is 0.805. The smallest absolute Gasteiger partial charge is 0.0513 e. The van der Waals surface area contributed by atoms with Crippen LogP contribution >= 0.6 is 0 Å². The van der Waals surface area contributed by atoms with Crippen molar-refractivity contribution in [1.82, 2.24) is 9.80 Å². The third-order valence-corrected chi connectivity index (χ3v) is 5.12. The minimum absolute atomic E-state index is 0.116. The molecule has 0 amide bonds. The maximum Gasteiger partial charge on any atom is 0.0513 e. The molecule has 18 heavy (non-hydrogen) atoms. The van der Waals surface area contributed by atoms with Crippen LogP contribution < -0.4 is 5.73 Å². The van der Waals surface area contributed by atoms with E-state index in [0.29, 0.717) is 12.0 Å². The van der Waals surface area contributed by atoms with Crippen molar-refractivity contribution >= 4 is 0 Å². The Morgan fingerprint density at radius 2 is 2.17 bits per heavy atom. The lowest BCUT2D eigenvalue weighted by Crippen LogP contribution is -2.64. The van der Waals surface area contributed by atoms with Crippen LogP contribution in [-0.4, -0.2) is 67.3 Å². The van der Waals surface area contributed by atoms with Crippen LogP contribution in [0.15, 0.2) is 0 Å². The number of likely N-dealkylation sites (N-methyl/N-ethyl adjacent to an activating group) is 1. The molecule has 2 rings (SSSR count). The Morgan fingerprint density at radius 1 is 1.39 bits per heavy atom. The number of nitrogens with zero attached hydrogens (tertiary/aromatic N) is 2. The van der Waals surface area contributed by atoms with Gasteiger partial charge in [0.1, 0.15) is 0 Å². The van der Waals surface area contributed by atoms with Crippen molar-refractivity contribution in [3.8, 4) is 0 Å². The van der Waals surface area contributed by atoms with Gasteiger partial charge >= 0.3 is 0 Å². The van der Waals surface area contributed by atoms with Crippen LogP contribution in [0.25, 0.3) is 0 Å². The molecule has 2 N–H and O–H groups in total. The summed E-state index contributed by atoms with van der Waals surface area (Å²) in [5.41, 5.74) is 6.24. The second-order valence-corrected chi connectivity index (χ2v) is 6.05. The lowest BCUT2D eigenvalue weighted by Gasteiger charge is -2.50. The Balaban J connectivity index is 2.04. The van der Waals surface area contributed by atoms with Gasteiger partial charge in [-0.05, 0) is 26.8 Å². The predicted octanol–water partition coefficient (Wildman–Crippen LogP) is 0.766. The summed E-state index contributed by atoms with van der Waals surface area (Å²) in [6.07, 6.45) is 1.16. The Labute approximate surface area is 111 Å². The van der Waals surface area contributed by atoms with Gasteiger partial charge in [-0.15, -0.1) is 0 Å². The zero-order valence-corrected chi connectivity index (χ0v) is 12.2. The third kappa shape index (κ3) is 2.57. The minimum Gasteiger partial charge on any atom is -0.381 e. The van der Waals surface area contributed by atoms with Crippen molar-refractivity contribution in [2.45, 2.75) is 38.8 Å². The topological polar surface area (TPSA) is 41.7 Å². The molecular formula is C14H29N3O. The van der Waals surface area contributed by atoms with Crippen LogP contribution in [0.1, 0.15) is 27.2 Å².